The van der Waals surface area contributed by atoms with Crippen LogP contribution in [0.3, 0.4) is 0 Å². The zero-order chi connectivity index (χ0) is 14.6. The van der Waals surface area contributed by atoms with Crippen molar-refractivity contribution in [2.24, 2.45) is 0 Å². The molecule has 2 aliphatic heterocycles. The van der Waals surface area contributed by atoms with Crippen LogP contribution in [-0.2, 0) is 13.1 Å². The lowest BCUT2D eigenvalue weighted by Crippen LogP contribution is -2.40. The number of benzene rings is 1. The summed E-state index contributed by atoms with van der Waals surface area (Å²) in [7, 11) is 9.44. The number of rotatable bonds is 0. The number of hydrogen-bond acceptors (Lipinski definition) is 0. The average molecular weight is 276 g/mol. The maximum Gasteiger partial charge on any atom is 0.104 e. The number of fused-ring (bicyclic) bond motifs is 11. The van der Waals surface area contributed by atoms with Gasteiger partial charge in [0.15, 0.2) is 0 Å². The van der Waals surface area contributed by atoms with Crippen LogP contribution < -0.4 is 0 Å². The van der Waals surface area contributed by atoms with Crippen LogP contribution in [0.15, 0.2) is 24.3 Å². The molecule has 0 aromatic heterocycles. The van der Waals surface area contributed by atoms with Crippen molar-refractivity contribution in [1.82, 2.24) is 0 Å². The Hall–Kier alpha value is -0.860. The highest BCUT2D eigenvalue weighted by atomic mass is 15.3. The molecule has 0 atom stereocenters. The molecule has 2 heterocycles. The average Bonchev–Trinajstić information content (AvgIpc) is 2.34. The molecule has 2 nitrogen and oxygen atoms in total. The smallest absolute Gasteiger partial charge is 0.104 e. The zero-order valence-electron chi connectivity index (χ0n) is 13.9. The molecule has 3 rings (SSSR count). The summed E-state index contributed by atoms with van der Waals surface area (Å²) in [6.07, 6.45) is 5.50. The van der Waals surface area contributed by atoms with Crippen LogP contribution >= 0.6 is 0 Å². The minimum Gasteiger partial charge on any atom is -0.325 e. The molecule has 0 saturated heterocycles. The van der Waals surface area contributed by atoms with E-state index in [1.807, 2.05) is 0 Å². The molecule has 0 amide bonds. The molecule has 1 aromatic rings. The number of quaternary nitrogens is 2. The summed E-state index contributed by atoms with van der Waals surface area (Å²) >= 11 is 0. The lowest BCUT2D eigenvalue weighted by molar-refractivity contribution is -0.904. The van der Waals surface area contributed by atoms with Crippen molar-refractivity contribution in [3.8, 4) is 0 Å². The lowest BCUT2D eigenvalue weighted by atomic mass is 10.1. The summed E-state index contributed by atoms with van der Waals surface area (Å²) < 4.78 is 2.22. The van der Waals surface area contributed by atoms with Crippen molar-refractivity contribution >= 4 is 0 Å². The predicted octanol–water partition coefficient (Wildman–Crippen LogP) is 3.41. The third kappa shape index (κ3) is 4.92. The fraction of sp³-hybridized carbons (Fsp3) is 0.667. The van der Waals surface area contributed by atoms with E-state index in [4.69, 9.17) is 0 Å². The molecule has 20 heavy (non-hydrogen) atoms. The first-order valence-corrected chi connectivity index (χ1v) is 8.08. The maximum absolute atomic E-state index is 2.36. The van der Waals surface area contributed by atoms with Gasteiger partial charge >= 0.3 is 0 Å². The van der Waals surface area contributed by atoms with Gasteiger partial charge in [0, 0.05) is 11.1 Å². The number of hydrogen-bond donors (Lipinski definition) is 0. The van der Waals surface area contributed by atoms with Gasteiger partial charge in [-0.2, -0.15) is 0 Å². The van der Waals surface area contributed by atoms with E-state index in [9.17, 15) is 0 Å². The van der Waals surface area contributed by atoms with Gasteiger partial charge in [0.25, 0.3) is 0 Å². The first-order valence-electron chi connectivity index (χ1n) is 8.08. The molecule has 0 radical (unpaired) electrons. The van der Waals surface area contributed by atoms with Crippen LogP contribution in [0.25, 0.3) is 0 Å². The van der Waals surface area contributed by atoms with E-state index >= 15 is 0 Å². The topological polar surface area (TPSA) is 0 Å². The second-order valence-electron chi connectivity index (χ2n) is 7.87. The molecular formula is C18H32N2+2. The molecule has 0 aliphatic carbocycles. The molecule has 112 valence electrons. The fourth-order valence-corrected chi connectivity index (χ4v) is 3.33. The Morgan fingerprint density at radius 1 is 0.600 bits per heavy atom. The van der Waals surface area contributed by atoms with Gasteiger partial charge < -0.3 is 8.97 Å². The fourth-order valence-electron chi connectivity index (χ4n) is 3.33. The highest BCUT2D eigenvalue weighted by Crippen LogP contribution is 2.17. The van der Waals surface area contributed by atoms with Crippen LogP contribution in [-0.4, -0.2) is 50.2 Å². The van der Waals surface area contributed by atoms with E-state index < -0.39 is 0 Å². The molecule has 2 heteroatoms. The van der Waals surface area contributed by atoms with Crippen molar-refractivity contribution in [2.75, 3.05) is 41.3 Å². The van der Waals surface area contributed by atoms with Gasteiger partial charge in [-0.05, 0) is 25.7 Å². The summed E-state index contributed by atoms with van der Waals surface area (Å²) in [6, 6.07) is 9.34. The predicted molar refractivity (Wildman–Crippen MR) is 86.3 cm³/mol. The Balaban J connectivity index is 2.15. The third-order valence-electron chi connectivity index (χ3n) is 4.52. The minimum absolute atomic E-state index is 1.11. The Bertz CT molecular complexity index is 377. The van der Waals surface area contributed by atoms with Crippen LogP contribution in [0.5, 0.6) is 0 Å². The van der Waals surface area contributed by atoms with E-state index in [0.717, 1.165) is 22.1 Å². The van der Waals surface area contributed by atoms with E-state index in [1.165, 1.54) is 49.9 Å². The van der Waals surface area contributed by atoms with E-state index in [-0.39, 0.29) is 0 Å². The van der Waals surface area contributed by atoms with Crippen LogP contribution in [0.1, 0.15) is 36.8 Å². The second kappa shape index (κ2) is 6.28. The van der Waals surface area contributed by atoms with E-state index in [1.54, 1.807) is 0 Å². The van der Waals surface area contributed by atoms with Crippen molar-refractivity contribution < 1.29 is 8.97 Å². The Morgan fingerprint density at radius 3 is 1.30 bits per heavy atom. The number of nitrogens with zero attached hydrogens (tertiary/aromatic N) is 2. The van der Waals surface area contributed by atoms with Crippen LogP contribution in [0.4, 0.5) is 0 Å². The highest BCUT2D eigenvalue weighted by molar-refractivity contribution is 5.21. The molecule has 1 aromatic carbocycles. The monoisotopic (exact) mass is 276 g/mol. The maximum atomic E-state index is 2.36. The largest absolute Gasteiger partial charge is 0.325 e. The quantitative estimate of drug-likeness (QED) is 0.637. The summed E-state index contributed by atoms with van der Waals surface area (Å²) in [5.74, 6) is 0. The molecule has 2 bridgehead atoms. The minimum atomic E-state index is 1.11. The summed E-state index contributed by atoms with van der Waals surface area (Å²) in [6.45, 7) is 4.89. The third-order valence-corrected chi connectivity index (χ3v) is 4.52. The van der Waals surface area contributed by atoms with Crippen LogP contribution in [0.2, 0.25) is 0 Å². The van der Waals surface area contributed by atoms with Crippen molar-refractivity contribution in [3.05, 3.63) is 35.4 Å². The lowest BCUT2D eigenvalue weighted by Gasteiger charge is -2.32. The van der Waals surface area contributed by atoms with Crippen molar-refractivity contribution in [3.63, 3.8) is 0 Å². The molecule has 0 fully saturated rings. The highest BCUT2D eigenvalue weighted by Gasteiger charge is 2.18. The summed E-state index contributed by atoms with van der Waals surface area (Å²) in [4.78, 5) is 0. The Kier molecular flexibility index (Phi) is 4.87. The zero-order valence-corrected chi connectivity index (χ0v) is 13.9. The van der Waals surface area contributed by atoms with Gasteiger partial charge in [-0.25, -0.2) is 0 Å². The van der Waals surface area contributed by atoms with Crippen LogP contribution in [0, 0.1) is 0 Å². The van der Waals surface area contributed by atoms with Gasteiger partial charge in [0.2, 0.25) is 0 Å². The second-order valence-corrected chi connectivity index (χ2v) is 7.87. The van der Waals surface area contributed by atoms with Gasteiger partial charge in [-0.3, -0.25) is 0 Å². The summed E-state index contributed by atoms with van der Waals surface area (Å²) in [5.41, 5.74) is 2.95. The first kappa shape index (κ1) is 15.5. The molecular weight excluding hydrogens is 244 g/mol. The Labute approximate surface area is 125 Å². The van der Waals surface area contributed by atoms with Gasteiger partial charge in [0.05, 0.1) is 41.3 Å². The molecule has 0 spiro atoms. The van der Waals surface area contributed by atoms with E-state index in [2.05, 4.69) is 52.5 Å². The Morgan fingerprint density at radius 2 is 0.950 bits per heavy atom. The molecule has 2 aliphatic rings. The van der Waals surface area contributed by atoms with E-state index in [0.29, 0.717) is 0 Å². The molecule has 0 unspecified atom stereocenters. The SMILES string of the molecule is C[N+]1(C)CCCCCC[N+](C)(C)Cc2ccc(cc2)C1. The molecule has 0 N–H and O–H groups in total. The van der Waals surface area contributed by atoms with Crippen molar-refractivity contribution in [2.45, 2.75) is 38.8 Å². The normalized spacial score (nSPS) is 23.2. The standard InChI is InChI=1S/C18H32N2/c1-19(2)13-7-5-6-8-14-20(3,4)16-18-11-9-17(15-19)10-12-18/h9-12H,5-8,13-16H2,1-4H3/q+2. The van der Waals surface area contributed by atoms with Gasteiger partial charge in [-0.1, -0.05) is 24.3 Å². The van der Waals surface area contributed by atoms with Gasteiger partial charge in [0.1, 0.15) is 13.1 Å². The molecule has 0 saturated carbocycles. The van der Waals surface area contributed by atoms with Gasteiger partial charge in [-0.15, -0.1) is 0 Å². The van der Waals surface area contributed by atoms with Crippen molar-refractivity contribution in [1.29, 1.82) is 0 Å². The summed E-state index contributed by atoms with van der Waals surface area (Å²) in [5, 5.41) is 0. The first-order chi connectivity index (χ1) is 9.36.